The van der Waals surface area contributed by atoms with Crippen LogP contribution in [0.1, 0.15) is 24.9 Å². The lowest BCUT2D eigenvalue weighted by Gasteiger charge is -2.36. The summed E-state index contributed by atoms with van der Waals surface area (Å²) in [6.45, 7) is 6.48. The highest BCUT2D eigenvalue weighted by Crippen LogP contribution is 2.24. The number of piperidine rings is 1. The zero-order valence-corrected chi connectivity index (χ0v) is 14.1. The van der Waals surface area contributed by atoms with E-state index in [0.29, 0.717) is 37.8 Å². The van der Waals surface area contributed by atoms with Crippen molar-refractivity contribution in [2.75, 3.05) is 39.4 Å². The minimum atomic E-state index is -0.473. The summed E-state index contributed by atoms with van der Waals surface area (Å²) in [4.78, 5) is 15.1. The van der Waals surface area contributed by atoms with E-state index >= 15 is 0 Å². The first-order valence-electron chi connectivity index (χ1n) is 8.73. The number of hydrogen-bond donors (Lipinski definition) is 2. The summed E-state index contributed by atoms with van der Waals surface area (Å²) in [6, 6.07) is 6.00. The summed E-state index contributed by atoms with van der Waals surface area (Å²) >= 11 is 0. The molecule has 6 heteroatoms. The third kappa shape index (κ3) is 4.12. The fraction of sp³-hybridized carbons (Fsp3) is 0.611. The number of ether oxygens (including phenoxy) is 1. The number of carbonyl (C=O) groups is 1. The van der Waals surface area contributed by atoms with Gasteiger partial charge in [0.25, 0.3) is 0 Å². The maximum absolute atomic E-state index is 13.7. The third-order valence-corrected chi connectivity index (χ3v) is 4.98. The number of hydrogen-bond acceptors (Lipinski definition) is 4. The molecule has 2 aliphatic rings. The number of rotatable bonds is 4. The molecule has 1 aromatic rings. The summed E-state index contributed by atoms with van der Waals surface area (Å²) in [5.41, 5.74) is 0.700. The first-order valence-corrected chi connectivity index (χ1v) is 8.73. The maximum Gasteiger partial charge on any atom is 0.242 e. The third-order valence-electron chi connectivity index (χ3n) is 4.98. The van der Waals surface area contributed by atoms with Gasteiger partial charge in [-0.15, -0.1) is 0 Å². The first kappa shape index (κ1) is 17.3. The molecule has 1 amide bonds. The van der Waals surface area contributed by atoms with Crippen molar-refractivity contribution in [3.63, 3.8) is 0 Å². The second-order valence-electron chi connectivity index (χ2n) is 6.69. The van der Waals surface area contributed by atoms with Gasteiger partial charge in [0.2, 0.25) is 5.91 Å². The molecule has 2 N–H and O–H groups in total. The summed E-state index contributed by atoms with van der Waals surface area (Å²) in [6.07, 6.45) is 1.05. The van der Waals surface area contributed by atoms with Gasteiger partial charge in [0, 0.05) is 25.7 Å². The quantitative estimate of drug-likeness (QED) is 0.871. The van der Waals surface area contributed by atoms with E-state index in [1.165, 1.54) is 12.1 Å². The molecule has 24 heavy (non-hydrogen) atoms. The molecular weight excluding hydrogens is 309 g/mol. The van der Waals surface area contributed by atoms with Crippen LogP contribution in [0, 0.1) is 11.7 Å². The van der Waals surface area contributed by atoms with Gasteiger partial charge in [-0.1, -0.05) is 19.1 Å². The van der Waals surface area contributed by atoms with Gasteiger partial charge in [-0.25, -0.2) is 4.39 Å². The molecule has 3 unspecified atom stereocenters. The molecule has 5 nitrogen and oxygen atoms in total. The van der Waals surface area contributed by atoms with Crippen molar-refractivity contribution in [1.29, 1.82) is 0 Å². The predicted molar refractivity (Wildman–Crippen MR) is 90.1 cm³/mol. The molecule has 1 aromatic carbocycles. The van der Waals surface area contributed by atoms with Crippen molar-refractivity contribution in [2.24, 2.45) is 5.92 Å². The van der Waals surface area contributed by atoms with Crippen LogP contribution < -0.4 is 10.6 Å². The second kappa shape index (κ2) is 8.05. The topological polar surface area (TPSA) is 53.6 Å². The van der Waals surface area contributed by atoms with Gasteiger partial charge in [-0.3, -0.25) is 9.69 Å². The number of nitrogens with zero attached hydrogens (tertiary/aromatic N) is 1. The van der Waals surface area contributed by atoms with Crippen LogP contribution >= 0.6 is 0 Å². The van der Waals surface area contributed by atoms with Crippen LogP contribution in [0.4, 0.5) is 4.39 Å². The zero-order chi connectivity index (χ0) is 16.9. The summed E-state index contributed by atoms with van der Waals surface area (Å²) in [5, 5.41) is 6.51. The first-order chi connectivity index (χ1) is 11.6. The number of nitrogens with one attached hydrogen (secondary N) is 2. The molecule has 0 saturated carbocycles. The molecule has 2 fully saturated rings. The van der Waals surface area contributed by atoms with Gasteiger partial charge < -0.3 is 15.4 Å². The largest absolute Gasteiger partial charge is 0.379 e. The van der Waals surface area contributed by atoms with Crippen molar-refractivity contribution in [3.05, 3.63) is 35.6 Å². The normalized spacial score (nSPS) is 26.8. The van der Waals surface area contributed by atoms with E-state index in [4.69, 9.17) is 4.74 Å². The van der Waals surface area contributed by atoms with Crippen LogP contribution in [-0.2, 0) is 9.53 Å². The Morgan fingerprint density at radius 2 is 2.21 bits per heavy atom. The van der Waals surface area contributed by atoms with E-state index in [2.05, 4.69) is 22.5 Å². The summed E-state index contributed by atoms with van der Waals surface area (Å²) < 4.78 is 19.1. The summed E-state index contributed by atoms with van der Waals surface area (Å²) in [7, 11) is 0. The lowest BCUT2D eigenvalue weighted by Crippen LogP contribution is -2.54. The standard InChI is InChI=1S/C18H26FN3O2/c1-13-5-6-20-12-16(13)21-18(23)17(22-7-9-24-10-8-22)14-3-2-4-15(19)11-14/h2-4,11,13,16-17,20H,5-10,12H2,1H3,(H,21,23). The van der Waals surface area contributed by atoms with Gasteiger partial charge >= 0.3 is 0 Å². The SMILES string of the molecule is CC1CCNCC1NC(=O)C(c1cccc(F)c1)N1CCOCC1. The molecule has 0 radical (unpaired) electrons. The van der Waals surface area contributed by atoms with E-state index in [1.54, 1.807) is 6.07 Å². The Bertz CT molecular complexity index is 563. The summed E-state index contributed by atoms with van der Waals surface area (Å²) in [5.74, 6) is 0.0716. The number of carbonyl (C=O) groups excluding carboxylic acids is 1. The van der Waals surface area contributed by atoms with Gasteiger partial charge in [0.1, 0.15) is 11.9 Å². The Balaban J connectivity index is 1.79. The van der Waals surface area contributed by atoms with Crippen LogP contribution in [0.15, 0.2) is 24.3 Å². The predicted octanol–water partition coefficient (Wildman–Crippen LogP) is 1.31. The highest BCUT2D eigenvalue weighted by molar-refractivity contribution is 5.83. The Morgan fingerprint density at radius 3 is 2.92 bits per heavy atom. The molecule has 0 aromatic heterocycles. The molecule has 0 bridgehead atoms. The van der Waals surface area contributed by atoms with Crippen LogP contribution in [-0.4, -0.2) is 56.2 Å². The monoisotopic (exact) mass is 335 g/mol. The van der Waals surface area contributed by atoms with Crippen molar-refractivity contribution >= 4 is 5.91 Å². The van der Waals surface area contributed by atoms with E-state index in [1.807, 2.05) is 6.07 Å². The Hall–Kier alpha value is -1.50. The van der Waals surface area contributed by atoms with Gasteiger partial charge in [0.05, 0.1) is 13.2 Å². The van der Waals surface area contributed by atoms with E-state index in [9.17, 15) is 9.18 Å². The number of amides is 1. The molecule has 3 atom stereocenters. The van der Waals surface area contributed by atoms with Gasteiger partial charge in [-0.05, 0) is 36.6 Å². The minimum absolute atomic E-state index is 0.0527. The second-order valence-corrected chi connectivity index (χ2v) is 6.69. The number of morpholine rings is 1. The van der Waals surface area contributed by atoms with Crippen LogP contribution in [0.2, 0.25) is 0 Å². The number of halogens is 1. The molecule has 3 rings (SSSR count). The molecule has 0 aliphatic carbocycles. The average Bonchev–Trinajstić information content (AvgIpc) is 2.58. The maximum atomic E-state index is 13.7. The van der Waals surface area contributed by atoms with E-state index in [-0.39, 0.29) is 17.8 Å². The van der Waals surface area contributed by atoms with Crippen molar-refractivity contribution in [3.8, 4) is 0 Å². The highest BCUT2D eigenvalue weighted by atomic mass is 19.1. The molecule has 2 aliphatic heterocycles. The van der Waals surface area contributed by atoms with Crippen molar-refractivity contribution in [1.82, 2.24) is 15.5 Å². The molecule has 2 saturated heterocycles. The van der Waals surface area contributed by atoms with Gasteiger partial charge in [0.15, 0.2) is 0 Å². The molecule has 2 heterocycles. The van der Waals surface area contributed by atoms with E-state index < -0.39 is 6.04 Å². The lowest BCUT2D eigenvalue weighted by atomic mass is 9.94. The van der Waals surface area contributed by atoms with Crippen LogP contribution in [0.3, 0.4) is 0 Å². The molecule has 0 spiro atoms. The number of benzene rings is 1. The Kier molecular flexibility index (Phi) is 5.81. The Morgan fingerprint density at radius 1 is 1.42 bits per heavy atom. The van der Waals surface area contributed by atoms with Crippen LogP contribution in [0.25, 0.3) is 0 Å². The average molecular weight is 335 g/mol. The zero-order valence-electron chi connectivity index (χ0n) is 14.1. The molecule has 132 valence electrons. The highest BCUT2D eigenvalue weighted by Gasteiger charge is 2.32. The van der Waals surface area contributed by atoms with Gasteiger partial charge in [-0.2, -0.15) is 0 Å². The lowest BCUT2D eigenvalue weighted by molar-refractivity contribution is -0.129. The smallest absolute Gasteiger partial charge is 0.242 e. The molecular formula is C18H26FN3O2. The van der Waals surface area contributed by atoms with Crippen molar-refractivity contribution in [2.45, 2.75) is 25.4 Å². The van der Waals surface area contributed by atoms with Crippen molar-refractivity contribution < 1.29 is 13.9 Å². The fourth-order valence-corrected chi connectivity index (χ4v) is 3.48. The Labute approximate surface area is 142 Å². The van der Waals surface area contributed by atoms with E-state index in [0.717, 1.165) is 19.5 Å². The minimum Gasteiger partial charge on any atom is -0.379 e. The van der Waals surface area contributed by atoms with Crippen LogP contribution in [0.5, 0.6) is 0 Å². The fourth-order valence-electron chi connectivity index (χ4n) is 3.48.